The van der Waals surface area contributed by atoms with E-state index in [1.807, 2.05) is 0 Å². The first-order valence-corrected chi connectivity index (χ1v) is 7.95. The van der Waals surface area contributed by atoms with Crippen LogP contribution < -0.4 is 10.5 Å². The monoisotopic (exact) mass is 336 g/mol. The molecule has 0 radical (unpaired) electrons. The maximum atomic E-state index is 13.9. The Labute approximate surface area is 139 Å². The lowest BCUT2D eigenvalue weighted by Gasteiger charge is -2.15. The number of rotatable bonds is 5. The largest absolute Gasteiger partial charge is 0.474 e. The van der Waals surface area contributed by atoms with E-state index >= 15 is 0 Å². The van der Waals surface area contributed by atoms with E-state index in [1.165, 1.54) is 31.0 Å². The fourth-order valence-corrected chi connectivity index (χ4v) is 2.78. The summed E-state index contributed by atoms with van der Waals surface area (Å²) in [6.45, 7) is 3.56. The number of ether oxygens (including phenoxy) is 1. The van der Waals surface area contributed by atoms with Crippen molar-refractivity contribution in [3.05, 3.63) is 35.1 Å². The van der Waals surface area contributed by atoms with Crippen LogP contribution in [0.25, 0.3) is 11.3 Å². The first-order valence-electron chi connectivity index (χ1n) is 7.57. The Morgan fingerprint density at radius 3 is 2.74 bits per heavy atom. The average molecular weight is 337 g/mol. The molecule has 1 saturated heterocycles. The fourth-order valence-electron chi connectivity index (χ4n) is 2.61. The molecule has 1 aliphatic heterocycles. The third-order valence-corrected chi connectivity index (χ3v) is 4.07. The van der Waals surface area contributed by atoms with Gasteiger partial charge in [-0.3, -0.25) is 4.90 Å². The predicted molar refractivity (Wildman–Crippen MR) is 88.0 cm³/mol. The summed E-state index contributed by atoms with van der Waals surface area (Å²) >= 11 is 5.89. The van der Waals surface area contributed by atoms with Gasteiger partial charge in [0, 0.05) is 17.1 Å². The summed E-state index contributed by atoms with van der Waals surface area (Å²) in [7, 11) is 0. The molecule has 0 unspecified atom stereocenters. The minimum Gasteiger partial charge on any atom is -0.474 e. The second-order valence-corrected chi connectivity index (χ2v) is 5.95. The minimum atomic E-state index is -0.425. The lowest BCUT2D eigenvalue weighted by Crippen LogP contribution is -2.25. The highest BCUT2D eigenvalue weighted by Gasteiger charge is 2.14. The van der Waals surface area contributed by atoms with Gasteiger partial charge in [0.2, 0.25) is 0 Å². The normalized spacial score (nSPS) is 15.0. The molecule has 2 heterocycles. The van der Waals surface area contributed by atoms with Crippen LogP contribution in [0.1, 0.15) is 12.8 Å². The second kappa shape index (κ2) is 7.10. The lowest BCUT2D eigenvalue weighted by atomic mass is 10.1. The molecule has 0 aliphatic carbocycles. The molecule has 2 aromatic rings. The lowest BCUT2D eigenvalue weighted by molar-refractivity contribution is 0.231. The first kappa shape index (κ1) is 16.0. The molecule has 7 heteroatoms. The molecule has 23 heavy (non-hydrogen) atoms. The van der Waals surface area contributed by atoms with E-state index in [0.29, 0.717) is 23.0 Å². The van der Waals surface area contributed by atoms with Crippen molar-refractivity contribution in [2.24, 2.45) is 0 Å². The number of likely N-dealkylation sites (tertiary alicyclic amines) is 1. The van der Waals surface area contributed by atoms with Crippen LogP contribution in [0.5, 0.6) is 5.88 Å². The van der Waals surface area contributed by atoms with Crippen LogP contribution in [-0.2, 0) is 0 Å². The standard InChI is InChI=1S/C16H18ClFN4O/c17-11-3-4-13(18)12(9-11)15-10-14(19)16(21-20-15)23-8-7-22-5-1-2-6-22/h3-4,9-10H,1-2,5-8H2,(H2,19,20). The Hall–Kier alpha value is -1.92. The molecular formula is C16H18ClFN4O. The number of hydrogen-bond acceptors (Lipinski definition) is 5. The number of benzene rings is 1. The summed E-state index contributed by atoms with van der Waals surface area (Å²) in [5.74, 6) is -0.152. The summed E-state index contributed by atoms with van der Waals surface area (Å²) in [6.07, 6.45) is 2.48. The van der Waals surface area contributed by atoms with Gasteiger partial charge in [-0.15, -0.1) is 10.2 Å². The van der Waals surface area contributed by atoms with Crippen LogP contribution in [0.4, 0.5) is 10.1 Å². The molecule has 5 nitrogen and oxygen atoms in total. The smallest absolute Gasteiger partial charge is 0.256 e. The van der Waals surface area contributed by atoms with E-state index in [0.717, 1.165) is 19.6 Å². The zero-order valence-electron chi connectivity index (χ0n) is 12.6. The summed E-state index contributed by atoms with van der Waals surface area (Å²) in [5.41, 5.74) is 6.87. The highest BCUT2D eigenvalue weighted by atomic mass is 35.5. The molecule has 0 atom stereocenters. The van der Waals surface area contributed by atoms with E-state index in [-0.39, 0.29) is 11.4 Å². The SMILES string of the molecule is Nc1cc(-c2cc(Cl)ccc2F)nnc1OCCN1CCCC1. The Bertz CT molecular complexity index is 692. The van der Waals surface area contributed by atoms with Gasteiger partial charge in [-0.1, -0.05) is 11.6 Å². The van der Waals surface area contributed by atoms with Gasteiger partial charge in [-0.25, -0.2) is 4.39 Å². The van der Waals surface area contributed by atoms with Crippen LogP contribution in [0.2, 0.25) is 5.02 Å². The molecule has 1 fully saturated rings. The number of nitrogen functional groups attached to an aromatic ring is 1. The van der Waals surface area contributed by atoms with Crippen LogP contribution in [0.15, 0.2) is 24.3 Å². The van der Waals surface area contributed by atoms with Crippen molar-refractivity contribution >= 4 is 17.3 Å². The number of aromatic nitrogens is 2. The van der Waals surface area contributed by atoms with Crippen molar-refractivity contribution in [2.45, 2.75) is 12.8 Å². The van der Waals surface area contributed by atoms with Gasteiger partial charge in [0.05, 0.1) is 11.4 Å². The zero-order chi connectivity index (χ0) is 16.2. The molecule has 0 bridgehead atoms. The third-order valence-electron chi connectivity index (χ3n) is 3.84. The molecule has 0 amide bonds. The van der Waals surface area contributed by atoms with E-state index in [2.05, 4.69) is 15.1 Å². The summed E-state index contributed by atoms with van der Waals surface area (Å²) in [4.78, 5) is 2.33. The van der Waals surface area contributed by atoms with Crippen molar-refractivity contribution in [3.8, 4) is 17.1 Å². The Kier molecular flexibility index (Phi) is 4.93. The summed E-state index contributed by atoms with van der Waals surface area (Å²) < 4.78 is 19.4. The Morgan fingerprint density at radius 1 is 1.22 bits per heavy atom. The van der Waals surface area contributed by atoms with Gasteiger partial charge in [0.1, 0.15) is 12.4 Å². The number of anilines is 1. The van der Waals surface area contributed by atoms with Gasteiger partial charge >= 0.3 is 0 Å². The maximum Gasteiger partial charge on any atom is 0.256 e. The van der Waals surface area contributed by atoms with Gasteiger partial charge in [-0.2, -0.15) is 0 Å². The highest BCUT2D eigenvalue weighted by molar-refractivity contribution is 6.30. The fraction of sp³-hybridized carbons (Fsp3) is 0.375. The van der Waals surface area contributed by atoms with E-state index in [9.17, 15) is 4.39 Å². The topological polar surface area (TPSA) is 64.3 Å². The Morgan fingerprint density at radius 2 is 2.00 bits per heavy atom. The van der Waals surface area contributed by atoms with Crippen molar-refractivity contribution in [2.75, 3.05) is 32.0 Å². The van der Waals surface area contributed by atoms with E-state index in [1.54, 1.807) is 6.07 Å². The summed E-state index contributed by atoms with van der Waals surface area (Å²) in [5, 5.41) is 8.38. The predicted octanol–water partition coefficient (Wildman–Crippen LogP) is 2.99. The number of nitrogens with two attached hydrogens (primary N) is 1. The molecule has 3 rings (SSSR count). The zero-order valence-corrected chi connectivity index (χ0v) is 13.4. The summed E-state index contributed by atoms with van der Waals surface area (Å²) in [6, 6.07) is 5.81. The van der Waals surface area contributed by atoms with Gasteiger partial charge in [-0.05, 0) is 50.2 Å². The van der Waals surface area contributed by atoms with Gasteiger partial charge < -0.3 is 10.5 Å². The van der Waals surface area contributed by atoms with Crippen molar-refractivity contribution in [3.63, 3.8) is 0 Å². The highest BCUT2D eigenvalue weighted by Crippen LogP contribution is 2.28. The van der Waals surface area contributed by atoms with Crippen molar-refractivity contribution in [1.29, 1.82) is 0 Å². The maximum absolute atomic E-state index is 13.9. The first-order chi connectivity index (χ1) is 11.1. The number of halogens is 2. The molecule has 122 valence electrons. The minimum absolute atomic E-state index is 0.264. The number of hydrogen-bond donors (Lipinski definition) is 1. The molecule has 0 saturated carbocycles. The van der Waals surface area contributed by atoms with Crippen LogP contribution in [-0.4, -0.2) is 41.3 Å². The van der Waals surface area contributed by atoms with E-state index in [4.69, 9.17) is 22.1 Å². The molecule has 1 aromatic heterocycles. The van der Waals surface area contributed by atoms with Gasteiger partial charge in [0.15, 0.2) is 0 Å². The van der Waals surface area contributed by atoms with Crippen LogP contribution >= 0.6 is 11.6 Å². The van der Waals surface area contributed by atoms with Crippen molar-refractivity contribution in [1.82, 2.24) is 15.1 Å². The molecular weight excluding hydrogens is 319 g/mol. The quantitative estimate of drug-likeness (QED) is 0.909. The van der Waals surface area contributed by atoms with Crippen molar-refractivity contribution < 1.29 is 9.13 Å². The molecule has 2 N–H and O–H groups in total. The third kappa shape index (κ3) is 3.89. The second-order valence-electron chi connectivity index (χ2n) is 5.51. The molecule has 1 aromatic carbocycles. The number of nitrogens with zero attached hydrogens (tertiary/aromatic N) is 3. The molecule has 1 aliphatic rings. The van der Waals surface area contributed by atoms with Crippen LogP contribution in [0.3, 0.4) is 0 Å². The van der Waals surface area contributed by atoms with Crippen LogP contribution in [0, 0.1) is 5.82 Å². The van der Waals surface area contributed by atoms with E-state index < -0.39 is 5.82 Å². The Balaban J connectivity index is 1.68. The molecule has 0 spiro atoms. The van der Waals surface area contributed by atoms with Gasteiger partial charge in [0.25, 0.3) is 5.88 Å². The average Bonchev–Trinajstić information content (AvgIpc) is 3.04.